The minimum Gasteiger partial charge on any atom is -0.211 e. The van der Waals surface area contributed by atoms with Gasteiger partial charge in [0.15, 0.2) is 0 Å². The Morgan fingerprint density at radius 3 is 2.58 bits per heavy atom. The molecule has 0 bridgehead atoms. The quantitative estimate of drug-likeness (QED) is 0.869. The molecule has 5 heteroatoms. The van der Waals surface area contributed by atoms with Crippen LogP contribution in [0.4, 0.5) is 0 Å². The lowest BCUT2D eigenvalue weighted by Gasteiger charge is -2.12. The van der Waals surface area contributed by atoms with Crippen LogP contribution in [-0.2, 0) is 10.0 Å². The van der Waals surface area contributed by atoms with Crippen LogP contribution >= 0.6 is 11.6 Å². The second-order valence-corrected chi connectivity index (χ2v) is 7.76. The molecule has 1 aliphatic rings. The first kappa shape index (κ1) is 14.8. The molecular formula is C14H20ClNO2S. The molecule has 1 aromatic carbocycles. The minimum atomic E-state index is -3.40. The van der Waals surface area contributed by atoms with E-state index in [0.29, 0.717) is 17.4 Å². The van der Waals surface area contributed by atoms with Gasteiger partial charge in [0.1, 0.15) is 0 Å². The van der Waals surface area contributed by atoms with Gasteiger partial charge >= 0.3 is 0 Å². The van der Waals surface area contributed by atoms with Crippen molar-refractivity contribution in [2.75, 3.05) is 6.54 Å². The van der Waals surface area contributed by atoms with Crippen molar-refractivity contribution in [2.45, 2.75) is 43.4 Å². The molecule has 1 aliphatic carbocycles. The molecular weight excluding hydrogens is 282 g/mol. The van der Waals surface area contributed by atoms with E-state index in [1.807, 2.05) is 19.9 Å². The average molecular weight is 302 g/mol. The normalized spacial score (nSPS) is 23.7. The zero-order chi connectivity index (χ0) is 14.0. The van der Waals surface area contributed by atoms with E-state index in [0.717, 1.165) is 30.4 Å². The third-order valence-electron chi connectivity index (χ3n) is 3.83. The number of nitrogens with one attached hydrogen (secondary N) is 1. The molecule has 1 N–H and O–H groups in total. The maximum absolute atomic E-state index is 12.2. The molecule has 0 amide bonds. The van der Waals surface area contributed by atoms with Crippen molar-refractivity contribution in [3.05, 3.63) is 29.3 Å². The zero-order valence-corrected chi connectivity index (χ0v) is 12.9. The summed E-state index contributed by atoms with van der Waals surface area (Å²) in [5, 5.41) is 0.205. The molecule has 0 heterocycles. The molecule has 0 radical (unpaired) electrons. The van der Waals surface area contributed by atoms with Gasteiger partial charge in [0.25, 0.3) is 0 Å². The largest absolute Gasteiger partial charge is 0.240 e. The number of hydrogen-bond donors (Lipinski definition) is 1. The highest BCUT2D eigenvalue weighted by molar-refractivity contribution is 7.89. The number of rotatable bonds is 4. The summed E-state index contributed by atoms with van der Waals surface area (Å²) in [4.78, 5) is 0.344. The van der Waals surface area contributed by atoms with Crippen LogP contribution in [0.5, 0.6) is 0 Å². The summed E-state index contributed by atoms with van der Waals surface area (Å²) in [6.07, 6.45) is 2.89. The van der Waals surface area contributed by atoms with Gasteiger partial charge in [-0.15, -0.1) is 11.6 Å². The van der Waals surface area contributed by atoms with Crippen molar-refractivity contribution in [2.24, 2.45) is 5.92 Å². The van der Waals surface area contributed by atoms with Crippen LogP contribution in [-0.4, -0.2) is 20.3 Å². The van der Waals surface area contributed by atoms with Gasteiger partial charge in [0.2, 0.25) is 10.0 Å². The summed E-state index contributed by atoms with van der Waals surface area (Å²) in [6.45, 7) is 4.38. The van der Waals surface area contributed by atoms with Crippen molar-refractivity contribution in [3.8, 4) is 0 Å². The summed E-state index contributed by atoms with van der Waals surface area (Å²) >= 11 is 6.03. The van der Waals surface area contributed by atoms with Gasteiger partial charge in [-0.2, -0.15) is 0 Å². The van der Waals surface area contributed by atoms with Gasteiger partial charge in [0, 0.05) is 11.9 Å². The molecule has 106 valence electrons. The fourth-order valence-electron chi connectivity index (χ4n) is 2.39. The van der Waals surface area contributed by atoms with Crippen LogP contribution in [0.1, 0.15) is 30.4 Å². The van der Waals surface area contributed by atoms with E-state index in [1.54, 1.807) is 12.1 Å². The van der Waals surface area contributed by atoms with Gasteiger partial charge in [-0.25, -0.2) is 13.1 Å². The van der Waals surface area contributed by atoms with Gasteiger partial charge in [0.05, 0.1) is 4.90 Å². The molecule has 0 aromatic heterocycles. The highest BCUT2D eigenvalue weighted by Gasteiger charge is 2.24. The lowest BCUT2D eigenvalue weighted by molar-refractivity contribution is 0.520. The first-order valence-electron chi connectivity index (χ1n) is 6.59. The molecule has 0 saturated heterocycles. The number of halogens is 1. The lowest BCUT2D eigenvalue weighted by atomic mass is 10.1. The van der Waals surface area contributed by atoms with E-state index in [-0.39, 0.29) is 5.38 Å². The molecule has 19 heavy (non-hydrogen) atoms. The van der Waals surface area contributed by atoms with Crippen molar-refractivity contribution >= 4 is 21.6 Å². The predicted molar refractivity (Wildman–Crippen MR) is 78.1 cm³/mol. The molecule has 1 saturated carbocycles. The van der Waals surface area contributed by atoms with E-state index in [9.17, 15) is 8.42 Å². The number of hydrogen-bond acceptors (Lipinski definition) is 2. The van der Waals surface area contributed by atoms with Crippen molar-refractivity contribution in [1.29, 1.82) is 0 Å². The predicted octanol–water partition coefficient (Wildman–Crippen LogP) is 2.99. The second kappa shape index (κ2) is 5.81. The van der Waals surface area contributed by atoms with Gasteiger partial charge in [-0.3, -0.25) is 0 Å². The summed E-state index contributed by atoms with van der Waals surface area (Å²) in [5.41, 5.74) is 2.09. The van der Waals surface area contributed by atoms with Crippen LogP contribution in [0.25, 0.3) is 0 Å². The number of alkyl halides is 1. The first-order valence-corrected chi connectivity index (χ1v) is 8.51. The fraction of sp³-hybridized carbons (Fsp3) is 0.571. The molecule has 1 aromatic rings. The SMILES string of the molecule is Cc1ccc(S(=O)(=O)NCC2CCC(Cl)C2)cc1C. The molecule has 2 unspecified atom stereocenters. The molecule has 0 spiro atoms. The molecule has 1 fully saturated rings. The van der Waals surface area contributed by atoms with Crippen LogP contribution in [0.15, 0.2) is 23.1 Å². The Labute approximate surface area is 120 Å². The van der Waals surface area contributed by atoms with Gasteiger partial charge in [-0.05, 0) is 62.3 Å². The van der Waals surface area contributed by atoms with E-state index < -0.39 is 10.0 Å². The monoisotopic (exact) mass is 301 g/mol. The Kier molecular flexibility index (Phi) is 4.54. The Morgan fingerprint density at radius 2 is 2.00 bits per heavy atom. The van der Waals surface area contributed by atoms with Crippen molar-refractivity contribution in [1.82, 2.24) is 4.72 Å². The van der Waals surface area contributed by atoms with E-state index in [2.05, 4.69) is 4.72 Å². The standard InChI is InChI=1S/C14H20ClNO2S/c1-10-3-6-14(7-11(10)2)19(17,18)16-9-12-4-5-13(15)8-12/h3,6-7,12-13,16H,4-5,8-9H2,1-2H3. The third kappa shape index (κ3) is 3.71. The topological polar surface area (TPSA) is 46.2 Å². The van der Waals surface area contributed by atoms with Crippen LogP contribution < -0.4 is 4.72 Å². The van der Waals surface area contributed by atoms with Crippen LogP contribution in [0, 0.1) is 19.8 Å². The summed E-state index contributed by atoms with van der Waals surface area (Å²) in [7, 11) is -3.40. The number of benzene rings is 1. The van der Waals surface area contributed by atoms with Crippen molar-refractivity contribution in [3.63, 3.8) is 0 Å². The van der Waals surface area contributed by atoms with Crippen LogP contribution in [0.3, 0.4) is 0 Å². The van der Waals surface area contributed by atoms with E-state index >= 15 is 0 Å². The Balaban J connectivity index is 2.03. The molecule has 2 rings (SSSR count). The Bertz CT molecular complexity index is 557. The first-order chi connectivity index (χ1) is 8.88. The highest BCUT2D eigenvalue weighted by atomic mass is 35.5. The fourth-order valence-corrected chi connectivity index (χ4v) is 3.97. The zero-order valence-electron chi connectivity index (χ0n) is 11.3. The van der Waals surface area contributed by atoms with Gasteiger partial charge < -0.3 is 0 Å². The number of sulfonamides is 1. The smallest absolute Gasteiger partial charge is 0.211 e. The Hall–Kier alpha value is -0.580. The average Bonchev–Trinajstić information content (AvgIpc) is 2.76. The van der Waals surface area contributed by atoms with Crippen molar-refractivity contribution < 1.29 is 8.42 Å². The lowest BCUT2D eigenvalue weighted by Crippen LogP contribution is -2.28. The Morgan fingerprint density at radius 1 is 1.26 bits per heavy atom. The maximum Gasteiger partial charge on any atom is 0.240 e. The minimum absolute atomic E-state index is 0.205. The second-order valence-electron chi connectivity index (χ2n) is 5.37. The molecule has 2 atom stereocenters. The molecule has 0 aliphatic heterocycles. The summed E-state index contributed by atoms with van der Waals surface area (Å²) in [6, 6.07) is 5.22. The summed E-state index contributed by atoms with van der Waals surface area (Å²) < 4.78 is 27.1. The highest BCUT2D eigenvalue weighted by Crippen LogP contribution is 2.29. The third-order valence-corrected chi connectivity index (χ3v) is 5.65. The van der Waals surface area contributed by atoms with Gasteiger partial charge in [-0.1, -0.05) is 6.07 Å². The number of aryl methyl sites for hydroxylation is 2. The maximum atomic E-state index is 12.2. The van der Waals surface area contributed by atoms with Crippen LogP contribution in [0.2, 0.25) is 0 Å². The van der Waals surface area contributed by atoms with E-state index in [4.69, 9.17) is 11.6 Å². The van der Waals surface area contributed by atoms with E-state index in [1.165, 1.54) is 0 Å². The molecule has 3 nitrogen and oxygen atoms in total. The summed E-state index contributed by atoms with van der Waals surface area (Å²) in [5.74, 6) is 0.365.